The first-order valence-electron chi connectivity index (χ1n) is 11.4. The molecule has 7 nitrogen and oxygen atoms in total. The number of fused-ring (bicyclic) bond motifs is 2. The molecule has 34 heavy (non-hydrogen) atoms. The molecule has 0 aliphatic rings. The maximum atomic E-state index is 11.7. The van der Waals surface area contributed by atoms with Crippen molar-refractivity contribution < 1.29 is 14.6 Å². The number of carboxylic acid groups (broad SMARTS) is 1. The minimum Gasteiger partial charge on any atom is -0.493 e. The quantitative estimate of drug-likeness (QED) is 0.208. The molecule has 0 saturated carbocycles. The summed E-state index contributed by atoms with van der Waals surface area (Å²) >= 11 is 0. The number of rotatable bonds is 10. The zero-order valence-electron chi connectivity index (χ0n) is 18.6. The van der Waals surface area contributed by atoms with E-state index in [0.717, 1.165) is 57.6 Å². The highest BCUT2D eigenvalue weighted by atomic mass is 16.5. The number of H-pyrrole nitrogens is 2. The Hall–Kier alpha value is -4.26. The zero-order chi connectivity index (χ0) is 23.3. The summed E-state index contributed by atoms with van der Waals surface area (Å²) in [6.45, 7) is 1.35. The van der Waals surface area contributed by atoms with Crippen LogP contribution in [0.4, 0.5) is 5.82 Å². The Morgan fingerprint density at radius 3 is 2.76 bits per heavy atom. The van der Waals surface area contributed by atoms with Gasteiger partial charge >= 0.3 is 5.97 Å². The summed E-state index contributed by atoms with van der Waals surface area (Å²) in [4.78, 5) is 22.6. The Kier molecular flexibility index (Phi) is 6.16. The number of benzene rings is 2. The molecule has 3 aromatic heterocycles. The molecule has 7 heteroatoms. The van der Waals surface area contributed by atoms with Gasteiger partial charge in [0.2, 0.25) is 0 Å². The van der Waals surface area contributed by atoms with Gasteiger partial charge in [-0.15, -0.1) is 0 Å². The number of ether oxygens (including phenoxy) is 1. The molecule has 172 valence electrons. The number of aliphatic carboxylic acids is 1. The normalized spacial score (nSPS) is 12.1. The van der Waals surface area contributed by atoms with Gasteiger partial charge in [0.15, 0.2) is 0 Å². The van der Waals surface area contributed by atoms with Gasteiger partial charge in [-0.25, -0.2) is 4.98 Å². The number of anilines is 1. The minimum atomic E-state index is -0.836. The molecule has 5 aromatic rings. The second kappa shape index (κ2) is 9.70. The number of pyridine rings is 1. The third-order valence-corrected chi connectivity index (χ3v) is 5.93. The van der Waals surface area contributed by atoms with Gasteiger partial charge in [0.25, 0.3) is 0 Å². The van der Waals surface area contributed by atoms with Crippen LogP contribution in [0.1, 0.15) is 30.0 Å². The van der Waals surface area contributed by atoms with Crippen LogP contribution in [0.2, 0.25) is 0 Å². The Morgan fingerprint density at radius 2 is 1.94 bits per heavy atom. The number of carboxylic acids is 1. The number of nitrogens with zero attached hydrogens (tertiary/aromatic N) is 1. The topological polar surface area (TPSA) is 103 Å². The van der Waals surface area contributed by atoms with E-state index >= 15 is 0 Å². The van der Waals surface area contributed by atoms with Gasteiger partial charge in [-0.2, -0.15) is 0 Å². The molecule has 3 heterocycles. The molecular formula is C27H26N4O3. The Labute approximate surface area is 196 Å². The first-order valence-corrected chi connectivity index (χ1v) is 11.4. The van der Waals surface area contributed by atoms with Crippen LogP contribution < -0.4 is 10.1 Å². The van der Waals surface area contributed by atoms with E-state index in [0.29, 0.717) is 6.61 Å². The number of aromatic amines is 2. The lowest BCUT2D eigenvalue weighted by Crippen LogP contribution is -2.08. The van der Waals surface area contributed by atoms with E-state index in [1.807, 2.05) is 72.9 Å². The van der Waals surface area contributed by atoms with E-state index in [4.69, 9.17) is 4.74 Å². The number of carbonyl (C=O) groups is 1. The van der Waals surface area contributed by atoms with Gasteiger partial charge in [-0.1, -0.05) is 24.3 Å². The fourth-order valence-electron chi connectivity index (χ4n) is 4.30. The molecule has 4 N–H and O–H groups in total. The first-order chi connectivity index (χ1) is 16.7. The smallest absolute Gasteiger partial charge is 0.304 e. The molecule has 2 aromatic carbocycles. The third kappa shape index (κ3) is 4.73. The molecule has 0 saturated heterocycles. The largest absolute Gasteiger partial charge is 0.493 e. The van der Waals surface area contributed by atoms with Crippen LogP contribution >= 0.6 is 0 Å². The molecule has 1 unspecified atom stereocenters. The summed E-state index contributed by atoms with van der Waals surface area (Å²) in [7, 11) is 0. The standard InChI is InChI=1S/C27H26N4O3/c32-27(33)16-21(25-14-18-6-1-2-7-23(18)31-25)22-17-30-24-15-19(9-10-20(22)24)34-13-5-12-29-26-8-3-4-11-28-26/h1-4,6-11,14-15,17,21,30-31H,5,12-13,16H2,(H,28,29)(H,32,33). The van der Waals surface area contributed by atoms with Crippen LogP contribution in [0, 0.1) is 0 Å². The van der Waals surface area contributed by atoms with Crippen molar-refractivity contribution in [3.05, 3.63) is 90.4 Å². The molecule has 0 radical (unpaired) electrons. The number of para-hydroxylation sites is 1. The van der Waals surface area contributed by atoms with Crippen molar-refractivity contribution in [2.75, 3.05) is 18.5 Å². The lowest BCUT2D eigenvalue weighted by Gasteiger charge is -2.13. The van der Waals surface area contributed by atoms with Crippen molar-refractivity contribution in [2.24, 2.45) is 0 Å². The number of hydrogen-bond donors (Lipinski definition) is 4. The average molecular weight is 455 g/mol. The summed E-state index contributed by atoms with van der Waals surface area (Å²) in [5.74, 6) is 0.508. The number of nitrogens with one attached hydrogen (secondary N) is 3. The molecule has 5 rings (SSSR count). The first kappa shape index (κ1) is 21.6. The van der Waals surface area contributed by atoms with E-state index in [2.05, 4.69) is 20.3 Å². The van der Waals surface area contributed by atoms with Crippen molar-refractivity contribution in [3.63, 3.8) is 0 Å². The Morgan fingerprint density at radius 1 is 1.06 bits per heavy atom. The molecule has 0 spiro atoms. The van der Waals surface area contributed by atoms with Gasteiger partial charge in [0, 0.05) is 53.0 Å². The molecule has 0 bridgehead atoms. The highest BCUT2D eigenvalue weighted by molar-refractivity contribution is 5.87. The van der Waals surface area contributed by atoms with Gasteiger partial charge in [0.1, 0.15) is 11.6 Å². The van der Waals surface area contributed by atoms with Crippen molar-refractivity contribution >= 4 is 33.6 Å². The summed E-state index contributed by atoms with van der Waals surface area (Å²) in [6, 6.07) is 21.7. The monoisotopic (exact) mass is 454 g/mol. The lowest BCUT2D eigenvalue weighted by atomic mass is 9.92. The molecule has 0 aliphatic carbocycles. The van der Waals surface area contributed by atoms with Crippen molar-refractivity contribution in [1.29, 1.82) is 0 Å². The molecular weight excluding hydrogens is 428 g/mol. The average Bonchev–Trinajstić information content (AvgIpc) is 3.47. The van der Waals surface area contributed by atoms with Gasteiger partial charge in [-0.05, 0) is 53.8 Å². The van der Waals surface area contributed by atoms with E-state index in [-0.39, 0.29) is 12.3 Å². The van der Waals surface area contributed by atoms with Crippen LogP contribution in [0.15, 0.2) is 79.1 Å². The predicted octanol–water partition coefficient (Wildman–Crippen LogP) is 5.53. The van der Waals surface area contributed by atoms with Crippen LogP contribution in [0.3, 0.4) is 0 Å². The predicted molar refractivity (Wildman–Crippen MR) is 134 cm³/mol. The van der Waals surface area contributed by atoms with Crippen molar-refractivity contribution in [1.82, 2.24) is 15.0 Å². The van der Waals surface area contributed by atoms with E-state index < -0.39 is 5.97 Å². The van der Waals surface area contributed by atoms with Crippen molar-refractivity contribution in [3.8, 4) is 5.75 Å². The SMILES string of the molecule is O=C(O)CC(c1cc2ccccc2[nH]1)c1c[nH]c2cc(OCCCNc3ccccn3)ccc12. The summed E-state index contributed by atoms with van der Waals surface area (Å²) in [5, 5.41) is 14.9. The highest BCUT2D eigenvalue weighted by Gasteiger charge is 2.23. The maximum absolute atomic E-state index is 11.7. The van der Waals surface area contributed by atoms with Gasteiger partial charge in [-0.3, -0.25) is 4.79 Å². The van der Waals surface area contributed by atoms with E-state index in [1.54, 1.807) is 6.20 Å². The fraction of sp³-hybridized carbons (Fsp3) is 0.185. The van der Waals surface area contributed by atoms with E-state index in [9.17, 15) is 9.90 Å². The second-order valence-electron chi connectivity index (χ2n) is 8.26. The highest BCUT2D eigenvalue weighted by Crippen LogP contribution is 2.35. The van der Waals surface area contributed by atoms with Crippen molar-refractivity contribution in [2.45, 2.75) is 18.8 Å². The van der Waals surface area contributed by atoms with Gasteiger partial charge in [0.05, 0.1) is 13.0 Å². The van der Waals surface area contributed by atoms with E-state index in [1.165, 1.54) is 0 Å². The summed E-state index contributed by atoms with van der Waals surface area (Å²) in [5.41, 5.74) is 3.77. The van der Waals surface area contributed by atoms with Crippen LogP contribution in [0.5, 0.6) is 5.75 Å². The maximum Gasteiger partial charge on any atom is 0.304 e. The minimum absolute atomic E-state index is 0.00129. The Balaban J connectivity index is 1.30. The fourth-order valence-corrected chi connectivity index (χ4v) is 4.30. The summed E-state index contributed by atoms with van der Waals surface area (Å²) < 4.78 is 5.93. The van der Waals surface area contributed by atoms with Crippen LogP contribution in [-0.2, 0) is 4.79 Å². The molecule has 0 aliphatic heterocycles. The third-order valence-electron chi connectivity index (χ3n) is 5.93. The van der Waals surface area contributed by atoms with Gasteiger partial charge < -0.3 is 25.1 Å². The molecule has 0 amide bonds. The van der Waals surface area contributed by atoms with Crippen LogP contribution in [-0.4, -0.2) is 39.2 Å². The number of aromatic nitrogens is 3. The Bertz CT molecular complexity index is 1370. The lowest BCUT2D eigenvalue weighted by molar-refractivity contribution is -0.137. The second-order valence-corrected chi connectivity index (χ2v) is 8.26. The molecule has 1 atom stereocenters. The molecule has 0 fully saturated rings. The summed E-state index contributed by atoms with van der Waals surface area (Å²) in [6.07, 6.45) is 4.51. The van der Waals surface area contributed by atoms with Crippen LogP contribution in [0.25, 0.3) is 21.8 Å². The number of hydrogen-bond acceptors (Lipinski definition) is 4. The zero-order valence-corrected chi connectivity index (χ0v) is 18.6.